The zero-order valence-corrected chi connectivity index (χ0v) is 16.7. The van der Waals surface area contributed by atoms with Crippen LogP contribution in [0.15, 0.2) is 42.6 Å². The molecule has 1 unspecified atom stereocenters. The predicted molar refractivity (Wildman–Crippen MR) is 109 cm³/mol. The Labute approximate surface area is 164 Å². The molecule has 0 bridgehead atoms. The van der Waals surface area contributed by atoms with Crippen molar-refractivity contribution in [1.82, 2.24) is 19.9 Å². The summed E-state index contributed by atoms with van der Waals surface area (Å²) in [5, 5.41) is 6.53. The van der Waals surface area contributed by atoms with Crippen LogP contribution < -0.4 is 10.6 Å². The Morgan fingerprint density at radius 2 is 1.81 bits per heavy atom. The predicted octanol–water partition coefficient (Wildman–Crippen LogP) is 5.18. The minimum absolute atomic E-state index is 0.148. The lowest BCUT2D eigenvalue weighted by Gasteiger charge is -2.24. The number of amides is 2. The van der Waals surface area contributed by atoms with E-state index in [2.05, 4.69) is 47.9 Å². The molecule has 3 aromatic rings. The largest absolute Gasteiger partial charge is 0.328 e. The number of urea groups is 1. The second kappa shape index (κ2) is 7.96. The van der Waals surface area contributed by atoms with Crippen molar-refractivity contribution < 1.29 is 4.79 Å². The molecule has 0 saturated carbocycles. The molecule has 1 aromatic carbocycles. The summed E-state index contributed by atoms with van der Waals surface area (Å²) in [6.07, 6.45) is 1.76. The number of rotatable bonds is 5. The summed E-state index contributed by atoms with van der Waals surface area (Å²) in [5.41, 5.74) is 2.33. The van der Waals surface area contributed by atoms with E-state index < -0.39 is 0 Å². The standard InChI is InChI=1S/C20H24ClN5O/c1-12(2)17(25-20(27)23-15-9-7-14(21)8-10-15)19-24-16-6-5-11-22-18(16)26(19)13(3)4/h5-13,17H,1-4H3,(H2,23,25,27). The van der Waals surface area contributed by atoms with Crippen LogP contribution in [0.5, 0.6) is 0 Å². The third kappa shape index (κ3) is 4.22. The van der Waals surface area contributed by atoms with E-state index in [1.807, 2.05) is 12.1 Å². The van der Waals surface area contributed by atoms with Gasteiger partial charge >= 0.3 is 6.03 Å². The van der Waals surface area contributed by atoms with Gasteiger partial charge < -0.3 is 15.2 Å². The number of nitrogens with one attached hydrogen (secondary N) is 2. The molecule has 0 spiro atoms. The second-order valence-corrected chi connectivity index (χ2v) is 7.54. The fraction of sp³-hybridized carbons (Fsp3) is 0.350. The summed E-state index contributed by atoms with van der Waals surface area (Å²) >= 11 is 5.89. The van der Waals surface area contributed by atoms with Gasteiger partial charge in [0.2, 0.25) is 0 Å². The number of halogens is 1. The van der Waals surface area contributed by atoms with E-state index in [4.69, 9.17) is 16.6 Å². The Balaban J connectivity index is 1.89. The second-order valence-electron chi connectivity index (χ2n) is 7.11. The van der Waals surface area contributed by atoms with Crippen LogP contribution in [0.3, 0.4) is 0 Å². The third-order valence-corrected chi connectivity index (χ3v) is 4.58. The number of anilines is 1. The number of imidazole rings is 1. The summed E-state index contributed by atoms with van der Waals surface area (Å²) in [6, 6.07) is 10.4. The van der Waals surface area contributed by atoms with Crippen molar-refractivity contribution in [2.24, 2.45) is 5.92 Å². The Morgan fingerprint density at radius 3 is 2.44 bits per heavy atom. The lowest BCUT2D eigenvalue weighted by molar-refractivity contribution is 0.243. The number of aromatic nitrogens is 3. The first-order chi connectivity index (χ1) is 12.9. The van der Waals surface area contributed by atoms with Gasteiger partial charge in [-0.15, -0.1) is 0 Å². The number of carbonyl (C=O) groups is 1. The van der Waals surface area contributed by atoms with Gasteiger partial charge in [-0.25, -0.2) is 14.8 Å². The molecule has 0 aliphatic heterocycles. The van der Waals surface area contributed by atoms with Crippen molar-refractivity contribution in [2.45, 2.75) is 39.8 Å². The SMILES string of the molecule is CC(C)C(NC(=O)Nc1ccc(Cl)cc1)c1nc2cccnc2n1C(C)C. The van der Waals surface area contributed by atoms with Crippen molar-refractivity contribution in [3.8, 4) is 0 Å². The van der Waals surface area contributed by atoms with Crippen molar-refractivity contribution in [1.29, 1.82) is 0 Å². The smallest absolute Gasteiger partial charge is 0.319 e. The molecule has 7 heteroatoms. The zero-order valence-electron chi connectivity index (χ0n) is 15.9. The summed E-state index contributed by atoms with van der Waals surface area (Å²) in [6.45, 7) is 8.30. The summed E-state index contributed by atoms with van der Waals surface area (Å²) in [5.74, 6) is 0.954. The van der Waals surface area contributed by atoms with Gasteiger partial charge in [0.05, 0.1) is 6.04 Å². The molecular weight excluding hydrogens is 362 g/mol. The fourth-order valence-corrected chi connectivity index (χ4v) is 3.17. The third-order valence-electron chi connectivity index (χ3n) is 4.33. The molecule has 0 aliphatic carbocycles. The van der Waals surface area contributed by atoms with Crippen LogP contribution in [0, 0.1) is 5.92 Å². The lowest BCUT2D eigenvalue weighted by atomic mass is 10.0. The van der Waals surface area contributed by atoms with Crippen LogP contribution in [0.2, 0.25) is 5.02 Å². The van der Waals surface area contributed by atoms with Gasteiger partial charge in [-0.1, -0.05) is 25.4 Å². The van der Waals surface area contributed by atoms with E-state index in [0.717, 1.165) is 17.0 Å². The number of hydrogen-bond acceptors (Lipinski definition) is 3. The van der Waals surface area contributed by atoms with Crippen molar-refractivity contribution in [3.63, 3.8) is 0 Å². The van der Waals surface area contributed by atoms with E-state index in [1.54, 1.807) is 30.5 Å². The fourth-order valence-electron chi connectivity index (χ4n) is 3.05. The summed E-state index contributed by atoms with van der Waals surface area (Å²) in [4.78, 5) is 21.8. The molecule has 2 aromatic heterocycles. The number of nitrogens with zero attached hydrogens (tertiary/aromatic N) is 3. The van der Waals surface area contributed by atoms with Crippen molar-refractivity contribution in [3.05, 3.63) is 53.4 Å². The van der Waals surface area contributed by atoms with Crippen LogP contribution >= 0.6 is 11.6 Å². The first-order valence-corrected chi connectivity index (χ1v) is 9.40. The molecule has 6 nitrogen and oxygen atoms in total. The zero-order chi connectivity index (χ0) is 19.6. The molecule has 3 rings (SSSR count). The van der Waals surface area contributed by atoms with Gasteiger partial charge in [-0.2, -0.15) is 0 Å². The Morgan fingerprint density at radius 1 is 1.11 bits per heavy atom. The van der Waals surface area contributed by atoms with Gasteiger partial charge in [0.15, 0.2) is 5.65 Å². The summed E-state index contributed by atoms with van der Waals surface area (Å²) in [7, 11) is 0. The van der Waals surface area contributed by atoms with Gasteiger partial charge in [0.25, 0.3) is 0 Å². The first-order valence-electron chi connectivity index (χ1n) is 9.02. The minimum atomic E-state index is -0.286. The van der Waals surface area contributed by atoms with Crippen molar-refractivity contribution in [2.75, 3.05) is 5.32 Å². The quantitative estimate of drug-likeness (QED) is 0.635. The average molecular weight is 386 g/mol. The highest BCUT2D eigenvalue weighted by atomic mass is 35.5. The highest BCUT2D eigenvalue weighted by molar-refractivity contribution is 6.30. The maximum atomic E-state index is 12.6. The number of carbonyl (C=O) groups excluding carboxylic acids is 1. The van der Waals surface area contributed by atoms with Crippen LogP contribution in [-0.4, -0.2) is 20.6 Å². The van der Waals surface area contributed by atoms with Crippen molar-refractivity contribution >= 4 is 34.5 Å². The number of pyridine rings is 1. The molecule has 1 atom stereocenters. The van der Waals surface area contributed by atoms with E-state index in [9.17, 15) is 4.79 Å². The first kappa shape index (κ1) is 19.2. The Kier molecular flexibility index (Phi) is 5.65. The molecule has 142 valence electrons. The topological polar surface area (TPSA) is 71.8 Å². The Bertz CT molecular complexity index is 933. The van der Waals surface area contributed by atoms with Crippen LogP contribution in [-0.2, 0) is 0 Å². The highest BCUT2D eigenvalue weighted by Gasteiger charge is 2.26. The number of benzene rings is 1. The van der Waals surface area contributed by atoms with Gasteiger partial charge in [-0.05, 0) is 56.2 Å². The molecule has 2 N–H and O–H groups in total. The molecular formula is C20H24ClN5O. The van der Waals surface area contributed by atoms with E-state index in [-0.39, 0.29) is 24.0 Å². The molecule has 0 fully saturated rings. The maximum Gasteiger partial charge on any atom is 0.319 e. The highest BCUT2D eigenvalue weighted by Crippen LogP contribution is 2.28. The number of hydrogen-bond donors (Lipinski definition) is 2. The van der Waals surface area contributed by atoms with Crippen LogP contribution in [0.4, 0.5) is 10.5 Å². The minimum Gasteiger partial charge on any atom is -0.328 e. The average Bonchev–Trinajstić information content (AvgIpc) is 3.00. The van der Waals surface area contributed by atoms with Crippen LogP contribution in [0.25, 0.3) is 11.2 Å². The Hall–Kier alpha value is -2.60. The molecule has 2 amide bonds. The van der Waals surface area contributed by atoms with Gasteiger partial charge in [0.1, 0.15) is 11.3 Å². The molecule has 2 heterocycles. The van der Waals surface area contributed by atoms with E-state index >= 15 is 0 Å². The summed E-state index contributed by atoms with van der Waals surface area (Å²) < 4.78 is 2.09. The lowest BCUT2D eigenvalue weighted by Crippen LogP contribution is -2.36. The van der Waals surface area contributed by atoms with Gasteiger partial charge in [0, 0.05) is 22.9 Å². The molecule has 27 heavy (non-hydrogen) atoms. The van der Waals surface area contributed by atoms with Gasteiger partial charge in [-0.3, -0.25) is 0 Å². The molecule has 0 radical (unpaired) electrons. The number of fused-ring (bicyclic) bond motifs is 1. The molecule has 0 aliphatic rings. The van der Waals surface area contributed by atoms with E-state index in [0.29, 0.717) is 10.7 Å². The van der Waals surface area contributed by atoms with E-state index in [1.165, 1.54) is 0 Å². The maximum absolute atomic E-state index is 12.6. The monoisotopic (exact) mass is 385 g/mol. The molecule has 0 saturated heterocycles. The van der Waals surface area contributed by atoms with Crippen LogP contribution in [0.1, 0.15) is 45.6 Å². The normalized spacial score (nSPS) is 12.6.